The third kappa shape index (κ3) is 1.67. The molecule has 0 fully saturated rings. The van der Waals surface area contributed by atoms with E-state index in [4.69, 9.17) is 16.7 Å². The maximum absolute atomic E-state index is 8.66. The van der Waals surface area contributed by atoms with Gasteiger partial charge < -0.3 is 10.1 Å². The Morgan fingerprint density at radius 1 is 1.43 bits per heavy atom. The van der Waals surface area contributed by atoms with Crippen molar-refractivity contribution in [3.63, 3.8) is 0 Å². The molecule has 0 aliphatic rings. The fraction of sp³-hybridized carbons (Fsp3) is 0.0909. The van der Waals surface area contributed by atoms with Crippen LogP contribution < -0.4 is 0 Å². The average Bonchev–Trinajstić information content (AvgIpc) is 2.57. The van der Waals surface area contributed by atoms with E-state index in [0.29, 0.717) is 0 Å². The standard InChI is InChI=1S/C11H10ClNO/c12-9-3-4-10-8(2-1-5-14)7-13-11(10)6-9/h1-4,6-7,13-14H,5H2. The fourth-order valence-corrected chi connectivity index (χ4v) is 1.61. The molecule has 0 unspecified atom stereocenters. The van der Waals surface area contributed by atoms with Crippen molar-refractivity contribution in [3.05, 3.63) is 41.1 Å². The van der Waals surface area contributed by atoms with Crippen LogP contribution >= 0.6 is 11.6 Å². The van der Waals surface area contributed by atoms with Crippen LogP contribution in [0.5, 0.6) is 0 Å². The molecule has 72 valence electrons. The van der Waals surface area contributed by atoms with Gasteiger partial charge in [0.05, 0.1) is 6.61 Å². The molecule has 2 aromatic rings. The molecular formula is C11H10ClNO. The van der Waals surface area contributed by atoms with Crippen LogP contribution in [0.1, 0.15) is 5.56 Å². The first kappa shape index (κ1) is 9.31. The van der Waals surface area contributed by atoms with Crippen LogP contribution in [0.3, 0.4) is 0 Å². The number of rotatable bonds is 2. The summed E-state index contributed by atoms with van der Waals surface area (Å²) in [5.74, 6) is 0. The van der Waals surface area contributed by atoms with Gasteiger partial charge in [-0.15, -0.1) is 0 Å². The van der Waals surface area contributed by atoms with Crippen LogP contribution in [0.15, 0.2) is 30.5 Å². The number of hydrogen-bond donors (Lipinski definition) is 2. The Kier molecular flexibility index (Phi) is 2.57. The Hall–Kier alpha value is -1.25. The lowest BCUT2D eigenvalue weighted by molar-refractivity contribution is 0.343. The van der Waals surface area contributed by atoms with Crippen LogP contribution in [0, 0.1) is 0 Å². The third-order valence-corrected chi connectivity index (χ3v) is 2.31. The second kappa shape index (κ2) is 3.86. The molecule has 1 heterocycles. The summed E-state index contributed by atoms with van der Waals surface area (Å²) < 4.78 is 0. The fourth-order valence-electron chi connectivity index (χ4n) is 1.44. The highest BCUT2D eigenvalue weighted by Gasteiger charge is 2.00. The zero-order valence-electron chi connectivity index (χ0n) is 7.50. The number of benzene rings is 1. The number of H-pyrrole nitrogens is 1. The second-order valence-electron chi connectivity index (χ2n) is 3.02. The number of aromatic nitrogens is 1. The number of nitrogens with one attached hydrogen (secondary N) is 1. The van der Waals surface area contributed by atoms with Gasteiger partial charge in [0.15, 0.2) is 0 Å². The van der Waals surface area contributed by atoms with E-state index in [9.17, 15) is 0 Å². The minimum absolute atomic E-state index is 0.0558. The summed E-state index contributed by atoms with van der Waals surface area (Å²) in [7, 11) is 0. The molecule has 14 heavy (non-hydrogen) atoms. The lowest BCUT2D eigenvalue weighted by Crippen LogP contribution is -1.72. The molecule has 0 amide bonds. The predicted molar refractivity (Wildman–Crippen MR) is 59.4 cm³/mol. The monoisotopic (exact) mass is 207 g/mol. The molecule has 0 saturated heterocycles. The lowest BCUT2D eigenvalue weighted by atomic mass is 10.1. The molecular weight excluding hydrogens is 198 g/mol. The Balaban J connectivity index is 2.53. The van der Waals surface area contributed by atoms with Gasteiger partial charge >= 0.3 is 0 Å². The van der Waals surface area contributed by atoms with Gasteiger partial charge in [-0.1, -0.05) is 29.8 Å². The van der Waals surface area contributed by atoms with Gasteiger partial charge in [-0.2, -0.15) is 0 Å². The summed E-state index contributed by atoms with van der Waals surface area (Å²) >= 11 is 5.85. The van der Waals surface area contributed by atoms with Crippen molar-refractivity contribution in [3.8, 4) is 0 Å². The van der Waals surface area contributed by atoms with E-state index in [1.165, 1.54) is 0 Å². The molecule has 0 spiro atoms. The molecule has 2 rings (SSSR count). The van der Waals surface area contributed by atoms with Gasteiger partial charge in [0, 0.05) is 22.1 Å². The summed E-state index contributed by atoms with van der Waals surface area (Å²) in [6, 6.07) is 5.70. The molecule has 2 nitrogen and oxygen atoms in total. The van der Waals surface area contributed by atoms with Gasteiger partial charge in [0.1, 0.15) is 0 Å². The number of aromatic amines is 1. The van der Waals surface area contributed by atoms with Gasteiger partial charge in [0.2, 0.25) is 0 Å². The van der Waals surface area contributed by atoms with E-state index in [0.717, 1.165) is 21.5 Å². The zero-order chi connectivity index (χ0) is 9.97. The minimum atomic E-state index is 0.0558. The van der Waals surface area contributed by atoms with E-state index in [1.54, 1.807) is 6.08 Å². The highest BCUT2D eigenvalue weighted by molar-refractivity contribution is 6.31. The maximum atomic E-state index is 8.66. The minimum Gasteiger partial charge on any atom is -0.392 e. The second-order valence-corrected chi connectivity index (χ2v) is 3.46. The average molecular weight is 208 g/mol. The largest absolute Gasteiger partial charge is 0.392 e. The predicted octanol–water partition coefficient (Wildman–Crippen LogP) is 2.83. The first-order chi connectivity index (χ1) is 6.81. The van der Waals surface area contributed by atoms with Crippen LogP contribution in [0.2, 0.25) is 5.02 Å². The number of aliphatic hydroxyl groups excluding tert-OH is 1. The summed E-state index contributed by atoms with van der Waals surface area (Å²) in [6.07, 6.45) is 5.48. The Labute approximate surface area is 86.8 Å². The SMILES string of the molecule is OCC=Cc1c[nH]c2cc(Cl)ccc12. The smallest absolute Gasteiger partial charge is 0.0615 e. The summed E-state index contributed by atoms with van der Waals surface area (Å²) in [4.78, 5) is 3.12. The Bertz CT molecular complexity index is 473. The van der Waals surface area contributed by atoms with Gasteiger partial charge in [0.25, 0.3) is 0 Å². The van der Waals surface area contributed by atoms with E-state index in [2.05, 4.69) is 4.98 Å². The van der Waals surface area contributed by atoms with Crippen LogP contribution in [-0.4, -0.2) is 16.7 Å². The maximum Gasteiger partial charge on any atom is 0.0615 e. The van der Waals surface area contributed by atoms with Crippen molar-refractivity contribution < 1.29 is 5.11 Å². The van der Waals surface area contributed by atoms with Crippen molar-refractivity contribution in [2.24, 2.45) is 0 Å². The molecule has 3 heteroatoms. The Morgan fingerprint density at radius 3 is 3.07 bits per heavy atom. The molecule has 0 saturated carbocycles. The van der Waals surface area contributed by atoms with Crippen molar-refractivity contribution >= 4 is 28.6 Å². The molecule has 0 bridgehead atoms. The molecule has 1 aromatic heterocycles. The lowest BCUT2D eigenvalue weighted by Gasteiger charge is -1.92. The van der Waals surface area contributed by atoms with Crippen molar-refractivity contribution in [1.29, 1.82) is 0 Å². The van der Waals surface area contributed by atoms with Gasteiger partial charge in [-0.3, -0.25) is 0 Å². The number of aliphatic hydroxyl groups is 1. The molecule has 0 radical (unpaired) electrons. The van der Waals surface area contributed by atoms with E-state index >= 15 is 0 Å². The quantitative estimate of drug-likeness (QED) is 0.781. The van der Waals surface area contributed by atoms with Crippen molar-refractivity contribution in [2.75, 3.05) is 6.61 Å². The van der Waals surface area contributed by atoms with Crippen molar-refractivity contribution in [2.45, 2.75) is 0 Å². The molecule has 0 aliphatic carbocycles. The highest BCUT2D eigenvalue weighted by atomic mass is 35.5. The zero-order valence-corrected chi connectivity index (χ0v) is 8.25. The van der Waals surface area contributed by atoms with Gasteiger partial charge in [-0.25, -0.2) is 0 Å². The van der Waals surface area contributed by atoms with Crippen molar-refractivity contribution in [1.82, 2.24) is 4.98 Å². The first-order valence-corrected chi connectivity index (χ1v) is 4.73. The van der Waals surface area contributed by atoms with E-state index in [1.807, 2.05) is 30.5 Å². The normalized spacial score (nSPS) is 11.6. The van der Waals surface area contributed by atoms with E-state index < -0.39 is 0 Å². The van der Waals surface area contributed by atoms with Crippen LogP contribution in [-0.2, 0) is 0 Å². The first-order valence-electron chi connectivity index (χ1n) is 4.35. The van der Waals surface area contributed by atoms with Gasteiger partial charge in [-0.05, 0) is 17.7 Å². The molecule has 2 N–H and O–H groups in total. The highest BCUT2D eigenvalue weighted by Crippen LogP contribution is 2.22. The topological polar surface area (TPSA) is 36.0 Å². The third-order valence-electron chi connectivity index (χ3n) is 2.08. The van der Waals surface area contributed by atoms with Crippen LogP contribution in [0.4, 0.5) is 0 Å². The molecule has 0 aliphatic heterocycles. The Morgan fingerprint density at radius 2 is 2.29 bits per heavy atom. The number of hydrogen-bond acceptors (Lipinski definition) is 1. The number of fused-ring (bicyclic) bond motifs is 1. The van der Waals surface area contributed by atoms with E-state index in [-0.39, 0.29) is 6.61 Å². The number of halogens is 1. The summed E-state index contributed by atoms with van der Waals surface area (Å²) in [5.41, 5.74) is 2.07. The molecule has 0 atom stereocenters. The molecule has 1 aromatic carbocycles. The summed E-state index contributed by atoms with van der Waals surface area (Å²) in [6.45, 7) is 0.0558. The summed E-state index contributed by atoms with van der Waals surface area (Å²) in [5, 5.41) is 10.5. The van der Waals surface area contributed by atoms with Crippen LogP contribution in [0.25, 0.3) is 17.0 Å².